The van der Waals surface area contributed by atoms with E-state index in [2.05, 4.69) is 5.32 Å². The molecule has 1 atom stereocenters. The molecule has 11 heavy (non-hydrogen) atoms. The van der Waals surface area contributed by atoms with Gasteiger partial charge in [-0.25, -0.2) is 0 Å². The first-order valence-corrected chi connectivity index (χ1v) is 3.83. The van der Waals surface area contributed by atoms with Gasteiger partial charge >= 0.3 is 0 Å². The van der Waals surface area contributed by atoms with Gasteiger partial charge in [-0.05, 0) is 11.8 Å². The summed E-state index contributed by atoms with van der Waals surface area (Å²) in [6.45, 7) is 6.46. The van der Waals surface area contributed by atoms with Crippen molar-refractivity contribution in [3.05, 3.63) is 0 Å². The lowest BCUT2D eigenvalue weighted by atomic mass is 9.87. The molecule has 0 saturated carbocycles. The normalized spacial score (nSPS) is 14.2. The van der Waals surface area contributed by atoms with Gasteiger partial charge in [0.25, 0.3) is 0 Å². The zero-order valence-electron chi connectivity index (χ0n) is 7.42. The van der Waals surface area contributed by atoms with Gasteiger partial charge in [-0.3, -0.25) is 4.79 Å². The maximum atomic E-state index is 9.84. The van der Waals surface area contributed by atoms with Gasteiger partial charge in [-0.15, -0.1) is 0 Å². The van der Waals surface area contributed by atoms with E-state index in [4.69, 9.17) is 0 Å². The lowest BCUT2D eigenvalue weighted by molar-refractivity contribution is -0.109. The quantitative estimate of drug-likeness (QED) is 0.464. The van der Waals surface area contributed by atoms with Crippen LogP contribution in [0.15, 0.2) is 0 Å². The van der Waals surface area contributed by atoms with E-state index in [-0.39, 0.29) is 11.5 Å². The smallest absolute Gasteiger partial charge is 0.207 e. The van der Waals surface area contributed by atoms with E-state index in [1.54, 1.807) is 0 Å². The van der Waals surface area contributed by atoms with Gasteiger partial charge in [-0.1, -0.05) is 20.8 Å². The van der Waals surface area contributed by atoms with E-state index in [1.807, 2.05) is 20.8 Å². The molecule has 0 radical (unpaired) electrons. The first-order chi connectivity index (χ1) is 4.98. The molecule has 0 spiro atoms. The van der Waals surface area contributed by atoms with Crippen molar-refractivity contribution in [2.75, 3.05) is 6.54 Å². The number of rotatable bonds is 4. The Labute approximate surface area is 67.8 Å². The van der Waals surface area contributed by atoms with Gasteiger partial charge < -0.3 is 10.4 Å². The van der Waals surface area contributed by atoms with Crippen molar-refractivity contribution < 1.29 is 9.90 Å². The van der Waals surface area contributed by atoms with Gasteiger partial charge in [0.2, 0.25) is 6.41 Å². The molecule has 0 bridgehead atoms. The minimum Gasteiger partial charge on any atom is -0.393 e. The minimum atomic E-state index is -0.352. The third-order valence-electron chi connectivity index (χ3n) is 1.65. The molecular weight excluding hydrogens is 142 g/mol. The summed E-state index contributed by atoms with van der Waals surface area (Å²) in [7, 11) is 0. The van der Waals surface area contributed by atoms with Gasteiger partial charge in [0, 0.05) is 6.54 Å². The second-order valence-electron chi connectivity index (χ2n) is 3.74. The summed E-state index contributed by atoms with van der Waals surface area (Å²) < 4.78 is 0. The van der Waals surface area contributed by atoms with Crippen LogP contribution in [0.2, 0.25) is 0 Å². The molecule has 3 heteroatoms. The molecular formula is C8H17NO2. The molecule has 0 rings (SSSR count). The molecule has 0 aromatic heterocycles. The second-order valence-corrected chi connectivity index (χ2v) is 3.74. The summed E-state index contributed by atoms with van der Waals surface area (Å²) in [4.78, 5) is 9.84. The zero-order chi connectivity index (χ0) is 8.91. The topological polar surface area (TPSA) is 49.3 Å². The van der Waals surface area contributed by atoms with E-state index in [1.165, 1.54) is 0 Å². The van der Waals surface area contributed by atoms with E-state index in [0.717, 1.165) is 0 Å². The van der Waals surface area contributed by atoms with Crippen molar-refractivity contribution in [1.82, 2.24) is 5.32 Å². The first kappa shape index (κ1) is 10.4. The third kappa shape index (κ3) is 4.79. The number of aliphatic hydroxyl groups excluding tert-OH is 1. The number of nitrogens with one attached hydrogen (secondary N) is 1. The van der Waals surface area contributed by atoms with Crippen LogP contribution in [-0.2, 0) is 4.79 Å². The van der Waals surface area contributed by atoms with Crippen LogP contribution in [0, 0.1) is 5.41 Å². The van der Waals surface area contributed by atoms with E-state index in [0.29, 0.717) is 19.4 Å². The van der Waals surface area contributed by atoms with Crippen LogP contribution < -0.4 is 5.32 Å². The van der Waals surface area contributed by atoms with Crippen molar-refractivity contribution in [2.24, 2.45) is 5.41 Å². The van der Waals surface area contributed by atoms with Crippen molar-refractivity contribution >= 4 is 6.41 Å². The van der Waals surface area contributed by atoms with Gasteiger partial charge in [0.1, 0.15) is 0 Å². The summed E-state index contributed by atoms with van der Waals surface area (Å²) in [5.41, 5.74) is -0.0927. The number of hydrogen-bond donors (Lipinski definition) is 2. The zero-order valence-corrected chi connectivity index (χ0v) is 7.42. The Balaban J connectivity index is 3.52. The van der Waals surface area contributed by atoms with Gasteiger partial charge in [-0.2, -0.15) is 0 Å². The summed E-state index contributed by atoms with van der Waals surface area (Å²) in [5, 5.41) is 12.0. The molecule has 0 heterocycles. The fourth-order valence-electron chi connectivity index (χ4n) is 0.712. The lowest BCUT2D eigenvalue weighted by Gasteiger charge is -2.25. The minimum absolute atomic E-state index is 0.0927. The molecule has 0 fully saturated rings. The van der Waals surface area contributed by atoms with Crippen LogP contribution in [0.5, 0.6) is 0 Å². The maximum absolute atomic E-state index is 9.84. The average Bonchev–Trinajstić information content (AvgIpc) is 1.86. The van der Waals surface area contributed by atoms with Crippen molar-refractivity contribution in [2.45, 2.75) is 33.3 Å². The molecule has 0 aromatic carbocycles. The summed E-state index contributed by atoms with van der Waals surface area (Å²) in [5.74, 6) is 0. The number of carbonyl (C=O) groups is 1. The SMILES string of the molecule is CC(C)(C)C(O)CCNC=O. The predicted octanol–water partition coefficient (Wildman–Crippen LogP) is 0.529. The molecule has 3 nitrogen and oxygen atoms in total. The number of hydrogen-bond acceptors (Lipinski definition) is 2. The molecule has 0 aromatic rings. The third-order valence-corrected chi connectivity index (χ3v) is 1.65. The molecule has 2 N–H and O–H groups in total. The van der Waals surface area contributed by atoms with E-state index >= 15 is 0 Å². The fourth-order valence-corrected chi connectivity index (χ4v) is 0.712. The molecule has 1 amide bonds. The van der Waals surface area contributed by atoms with Gasteiger partial charge in [0.15, 0.2) is 0 Å². The molecule has 1 unspecified atom stereocenters. The molecule has 66 valence electrons. The van der Waals surface area contributed by atoms with Gasteiger partial charge in [0.05, 0.1) is 6.10 Å². The van der Waals surface area contributed by atoms with Crippen LogP contribution in [0.4, 0.5) is 0 Å². The maximum Gasteiger partial charge on any atom is 0.207 e. The number of aliphatic hydroxyl groups is 1. The van der Waals surface area contributed by atoms with Crippen LogP contribution in [0.25, 0.3) is 0 Å². The number of carbonyl (C=O) groups excluding carboxylic acids is 1. The molecule has 0 aliphatic carbocycles. The first-order valence-electron chi connectivity index (χ1n) is 3.83. The standard InChI is InChI=1S/C8H17NO2/c1-8(2,3)7(11)4-5-9-6-10/h6-7,11H,4-5H2,1-3H3,(H,9,10). The Morgan fingerprint density at radius 3 is 2.45 bits per heavy atom. The highest BCUT2D eigenvalue weighted by molar-refractivity contribution is 5.45. The molecule has 0 aliphatic heterocycles. The lowest BCUT2D eigenvalue weighted by Crippen LogP contribution is -2.29. The van der Waals surface area contributed by atoms with Crippen LogP contribution in [-0.4, -0.2) is 24.2 Å². The Morgan fingerprint density at radius 2 is 2.09 bits per heavy atom. The van der Waals surface area contributed by atoms with Crippen LogP contribution >= 0.6 is 0 Å². The summed E-state index contributed by atoms with van der Waals surface area (Å²) in [6.07, 6.45) is 0.910. The Morgan fingerprint density at radius 1 is 1.55 bits per heavy atom. The number of amides is 1. The Hall–Kier alpha value is -0.570. The highest BCUT2D eigenvalue weighted by atomic mass is 16.3. The van der Waals surface area contributed by atoms with E-state index < -0.39 is 0 Å². The van der Waals surface area contributed by atoms with Crippen molar-refractivity contribution in [3.63, 3.8) is 0 Å². The predicted molar refractivity (Wildman–Crippen MR) is 44.1 cm³/mol. The fraction of sp³-hybridized carbons (Fsp3) is 0.875. The largest absolute Gasteiger partial charge is 0.393 e. The monoisotopic (exact) mass is 159 g/mol. The molecule has 0 saturated heterocycles. The van der Waals surface area contributed by atoms with E-state index in [9.17, 15) is 9.90 Å². The summed E-state index contributed by atoms with van der Waals surface area (Å²) in [6, 6.07) is 0. The van der Waals surface area contributed by atoms with Crippen LogP contribution in [0.3, 0.4) is 0 Å². The highest BCUT2D eigenvalue weighted by Crippen LogP contribution is 2.20. The average molecular weight is 159 g/mol. The van der Waals surface area contributed by atoms with Crippen LogP contribution in [0.1, 0.15) is 27.2 Å². The molecule has 0 aliphatic rings. The Kier molecular flexibility index (Phi) is 4.11. The van der Waals surface area contributed by atoms with Crippen molar-refractivity contribution in [1.29, 1.82) is 0 Å². The van der Waals surface area contributed by atoms with Crippen molar-refractivity contribution in [3.8, 4) is 0 Å². The summed E-state index contributed by atoms with van der Waals surface area (Å²) >= 11 is 0. The Bertz CT molecular complexity index is 118. The second kappa shape index (κ2) is 4.34. The highest BCUT2D eigenvalue weighted by Gasteiger charge is 2.20.